The van der Waals surface area contributed by atoms with E-state index in [1.54, 1.807) is 11.3 Å². The van der Waals surface area contributed by atoms with Crippen molar-refractivity contribution in [2.75, 3.05) is 5.32 Å². The third-order valence-electron chi connectivity index (χ3n) is 2.99. The first-order valence-corrected chi connectivity index (χ1v) is 7.17. The topological polar surface area (TPSA) is 55.1 Å². The third-order valence-corrected chi connectivity index (χ3v) is 3.90. The fourth-order valence-corrected chi connectivity index (χ4v) is 2.52. The molecule has 100 valence electrons. The van der Waals surface area contributed by atoms with Gasteiger partial charge >= 0.3 is 0 Å². The van der Waals surface area contributed by atoms with Crippen LogP contribution in [-0.4, -0.2) is 11.9 Å². The van der Waals surface area contributed by atoms with Crippen molar-refractivity contribution in [3.05, 3.63) is 41.8 Å². The number of amides is 1. The minimum absolute atomic E-state index is 0.119. The van der Waals surface area contributed by atoms with E-state index < -0.39 is 6.04 Å². The van der Waals surface area contributed by atoms with E-state index >= 15 is 0 Å². The number of hydrogen-bond acceptors (Lipinski definition) is 3. The summed E-state index contributed by atoms with van der Waals surface area (Å²) in [5.41, 5.74) is 7.71. The molecular weight excluding hydrogens is 256 g/mol. The summed E-state index contributed by atoms with van der Waals surface area (Å²) in [6.45, 7) is 3.88. The number of nitrogens with two attached hydrogens (primary N) is 1. The highest BCUT2D eigenvalue weighted by Gasteiger charge is 2.18. The molecule has 0 spiro atoms. The van der Waals surface area contributed by atoms with E-state index in [1.807, 2.05) is 55.6 Å². The van der Waals surface area contributed by atoms with Crippen LogP contribution in [0.1, 0.15) is 13.8 Å². The van der Waals surface area contributed by atoms with Crippen molar-refractivity contribution < 1.29 is 4.79 Å². The zero-order valence-corrected chi connectivity index (χ0v) is 11.9. The molecule has 3 N–H and O–H groups in total. The molecule has 19 heavy (non-hydrogen) atoms. The minimum atomic E-state index is -0.489. The Morgan fingerprint density at radius 1 is 1.21 bits per heavy atom. The Morgan fingerprint density at radius 2 is 1.95 bits per heavy atom. The molecule has 0 aliphatic heterocycles. The van der Waals surface area contributed by atoms with Gasteiger partial charge < -0.3 is 11.1 Å². The number of carbonyl (C=O) groups is 1. The van der Waals surface area contributed by atoms with Crippen LogP contribution in [0.2, 0.25) is 0 Å². The maximum Gasteiger partial charge on any atom is 0.241 e. The first kappa shape index (κ1) is 13.8. The van der Waals surface area contributed by atoms with E-state index in [4.69, 9.17) is 5.73 Å². The Balaban J connectivity index is 2.24. The Kier molecular flexibility index (Phi) is 4.35. The number of hydrogen-bond donors (Lipinski definition) is 2. The lowest BCUT2D eigenvalue weighted by Gasteiger charge is -2.16. The summed E-state index contributed by atoms with van der Waals surface area (Å²) in [4.78, 5) is 13.2. The van der Waals surface area contributed by atoms with Gasteiger partial charge in [0.15, 0.2) is 0 Å². The van der Waals surface area contributed by atoms with Gasteiger partial charge in [0.2, 0.25) is 5.91 Å². The van der Waals surface area contributed by atoms with Crippen LogP contribution in [0.3, 0.4) is 0 Å². The van der Waals surface area contributed by atoms with Crippen molar-refractivity contribution in [1.29, 1.82) is 0 Å². The van der Waals surface area contributed by atoms with Crippen molar-refractivity contribution in [3.8, 4) is 10.4 Å². The first-order chi connectivity index (χ1) is 9.09. The van der Waals surface area contributed by atoms with E-state index in [9.17, 15) is 4.79 Å². The Bertz CT molecular complexity index is 549. The fraction of sp³-hybridized carbons (Fsp3) is 0.267. The van der Waals surface area contributed by atoms with Gasteiger partial charge in [-0.3, -0.25) is 4.79 Å². The highest BCUT2D eigenvalue weighted by atomic mass is 32.1. The molecule has 1 heterocycles. The van der Waals surface area contributed by atoms with Gasteiger partial charge in [-0.25, -0.2) is 0 Å². The van der Waals surface area contributed by atoms with Gasteiger partial charge in [-0.05, 0) is 23.4 Å². The third kappa shape index (κ3) is 3.22. The number of anilines is 1. The van der Waals surface area contributed by atoms with E-state index in [2.05, 4.69) is 5.32 Å². The normalized spacial score (nSPS) is 12.4. The van der Waals surface area contributed by atoms with Crippen LogP contribution >= 0.6 is 11.3 Å². The van der Waals surface area contributed by atoms with Gasteiger partial charge in [-0.15, -0.1) is 11.3 Å². The average molecular weight is 274 g/mol. The van der Waals surface area contributed by atoms with Crippen LogP contribution in [0, 0.1) is 5.92 Å². The predicted octanol–water partition coefficient (Wildman–Crippen LogP) is 3.34. The van der Waals surface area contributed by atoms with Crippen LogP contribution < -0.4 is 11.1 Å². The van der Waals surface area contributed by atoms with Crippen LogP contribution in [0.25, 0.3) is 10.4 Å². The molecule has 0 aliphatic carbocycles. The van der Waals surface area contributed by atoms with Gasteiger partial charge in [0.25, 0.3) is 0 Å². The second-order valence-corrected chi connectivity index (χ2v) is 5.73. The standard InChI is InChI=1S/C15H18N2OS/c1-10(2)14(16)15(18)17-12-7-4-3-6-11(12)13-8-5-9-19-13/h3-10,14H,16H2,1-2H3,(H,17,18). The molecule has 0 saturated heterocycles. The van der Waals surface area contributed by atoms with Gasteiger partial charge in [-0.2, -0.15) is 0 Å². The zero-order valence-electron chi connectivity index (χ0n) is 11.1. The molecule has 0 radical (unpaired) electrons. The molecule has 2 rings (SSSR count). The molecule has 1 aromatic heterocycles. The Labute approximate surface area is 117 Å². The molecule has 0 bridgehead atoms. The minimum Gasteiger partial charge on any atom is -0.324 e. The monoisotopic (exact) mass is 274 g/mol. The summed E-state index contributed by atoms with van der Waals surface area (Å²) < 4.78 is 0. The number of benzene rings is 1. The number of thiophene rings is 1. The van der Waals surface area contributed by atoms with Crippen molar-refractivity contribution in [2.45, 2.75) is 19.9 Å². The molecular formula is C15H18N2OS. The Morgan fingerprint density at radius 3 is 2.58 bits per heavy atom. The highest BCUT2D eigenvalue weighted by Crippen LogP contribution is 2.31. The lowest BCUT2D eigenvalue weighted by molar-refractivity contribution is -0.118. The number of rotatable bonds is 4. The van der Waals surface area contributed by atoms with E-state index in [0.29, 0.717) is 0 Å². The Hall–Kier alpha value is -1.65. The maximum absolute atomic E-state index is 12.0. The molecule has 3 nitrogen and oxygen atoms in total. The largest absolute Gasteiger partial charge is 0.324 e. The molecule has 1 aromatic carbocycles. The smallest absolute Gasteiger partial charge is 0.241 e. The molecule has 4 heteroatoms. The summed E-state index contributed by atoms with van der Waals surface area (Å²) in [5.74, 6) is -0.0205. The molecule has 0 aliphatic rings. The van der Waals surface area contributed by atoms with Crippen LogP contribution in [0.4, 0.5) is 5.69 Å². The maximum atomic E-state index is 12.0. The molecule has 1 unspecified atom stereocenters. The summed E-state index contributed by atoms with van der Waals surface area (Å²) >= 11 is 1.65. The van der Waals surface area contributed by atoms with Crippen molar-refractivity contribution in [2.24, 2.45) is 11.7 Å². The summed E-state index contributed by atoms with van der Waals surface area (Å²) in [5, 5.41) is 4.94. The van der Waals surface area contributed by atoms with Gasteiger partial charge in [0.1, 0.15) is 0 Å². The molecule has 1 atom stereocenters. The van der Waals surface area contributed by atoms with Gasteiger partial charge in [-0.1, -0.05) is 38.1 Å². The first-order valence-electron chi connectivity index (χ1n) is 6.29. The summed E-state index contributed by atoms with van der Waals surface area (Å²) in [6, 6.07) is 11.3. The lowest BCUT2D eigenvalue weighted by Crippen LogP contribution is -2.39. The highest BCUT2D eigenvalue weighted by molar-refractivity contribution is 7.13. The molecule has 2 aromatic rings. The van der Waals surface area contributed by atoms with E-state index in [-0.39, 0.29) is 11.8 Å². The average Bonchev–Trinajstić information content (AvgIpc) is 2.92. The van der Waals surface area contributed by atoms with E-state index in [1.165, 1.54) is 0 Å². The van der Waals surface area contributed by atoms with Crippen LogP contribution in [-0.2, 0) is 4.79 Å². The van der Waals surface area contributed by atoms with Crippen molar-refractivity contribution >= 4 is 22.9 Å². The van der Waals surface area contributed by atoms with Crippen LogP contribution in [0.5, 0.6) is 0 Å². The second kappa shape index (κ2) is 5.99. The summed E-state index contributed by atoms with van der Waals surface area (Å²) in [7, 11) is 0. The SMILES string of the molecule is CC(C)C(N)C(=O)Nc1ccccc1-c1cccs1. The molecule has 0 saturated carbocycles. The van der Waals surface area contributed by atoms with Gasteiger partial charge in [0, 0.05) is 16.1 Å². The number of carbonyl (C=O) groups excluding carboxylic acids is 1. The number of nitrogens with one attached hydrogen (secondary N) is 1. The summed E-state index contributed by atoms with van der Waals surface area (Å²) in [6.07, 6.45) is 0. The fourth-order valence-electron chi connectivity index (χ4n) is 1.76. The predicted molar refractivity (Wildman–Crippen MR) is 81.2 cm³/mol. The quantitative estimate of drug-likeness (QED) is 0.898. The lowest BCUT2D eigenvalue weighted by atomic mass is 10.0. The molecule has 1 amide bonds. The second-order valence-electron chi connectivity index (χ2n) is 4.78. The molecule has 0 fully saturated rings. The van der Waals surface area contributed by atoms with Crippen LogP contribution in [0.15, 0.2) is 41.8 Å². The van der Waals surface area contributed by atoms with Gasteiger partial charge in [0.05, 0.1) is 6.04 Å². The van der Waals surface area contributed by atoms with E-state index in [0.717, 1.165) is 16.1 Å². The van der Waals surface area contributed by atoms with Crippen molar-refractivity contribution in [1.82, 2.24) is 0 Å². The number of para-hydroxylation sites is 1. The van der Waals surface area contributed by atoms with Crippen molar-refractivity contribution in [3.63, 3.8) is 0 Å². The zero-order chi connectivity index (χ0) is 13.8.